The molecule has 0 atom stereocenters. The smallest absolute Gasteiger partial charge is 0.0720 e. The van der Waals surface area contributed by atoms with Crippen molar-refractivity contribution in [2.75, 3.05) is 4.90 Å². The summed E-state index contributed by atoms with van der Waals surface area (Å²) in [6.45, 7) is 0. The normalized spacial score (nSPS) is 13.7. The van der Waals surface area contributed by atoms with Gasteiger partial charge in [0.1, 0.15) is 0 Å². The molecule has 0 N–H and O–H groups in total. The van der Waals surface area contributed by atoms with Crippen LogP contribution in [0.2, 0.25) is 0 Å². The van der Waals surface area contributed by atoms with Crippen molar-refractivity contribution in [3.05, 3.63) is 317 Å². The predicted octanol–water partition coefficient (Wildman–Crippen LogP) is 17.2. The number of hydrogen-bond donors (Lipinski definition) is 0. The van der Waals surface area contributed by atoms with E-state index in [9.17, 15) is 0 Å². The number of para-hydroxylation sites is 1. The van der Waals surface area contributed by atoms with Crippen LogP contribution in [0.25, 0.3) is 55.6 Å². The Morgan fingerprint density at radius 2 is 0.522 bits per heavy atom. The Morgan fingerprint density at radius 1 is 0.203 bits per heavy atom. The molecular formula is C68H45N. The topological polar surface area (TPSA) is 3.24 Å². The molecule has 0 saturated carbocycles. The van der Waals surface area contributed by atoms with Crippen LogP contribution in [0.5, 0.6) is 0 Å². The second-order valence-electron chi connectivity index (χ2n) is 18.7. The molecule has 0 unspecified atom stereocenters. The molecule has 11 aromatic rings. The fraction of sp³-hybridized carbons (Fsp3) is 0.0294. The molecular weight excluding hydrogens is 831 g/mol. The van der Waals surface area contributed by atoms with Crippen molar-refractivity contribution < 1.29 is 0 Å². The highest BCUT2D eigenvalue weighted by molar-refractivity contribution is 5.95. The average molecular weight is 876 g/mol. The summed E-state index contributed by atoms with van der Waals surface area (Å²) in [5, 5.41) is 0. The van der Waals surface area contributed by atoms with E-state index in [1.165, 1.54) is 100 Å². The maximum atomic E-state index is 2.55. The third kappa shape index (κ3) is 5.59. The van der Waals surface area contributed by atoms with Crippen molar-refractivity contribution >= 4 is 17.1 Å². The Hall–Kier alpha value is -8.78. The lowest BCUT2D eigenvalue weighted by atomic mass is 9.52. The summed E-state index contributed by atoms with van der Waals surface area (Å²) in [5.74, 6) is 0. The molecule has 0 bridgehead atoms. The summed E-state index contributed by atoms with van der Waals surface area (Å²) in [7, 11) is 0. The second-order valence-corrected chi connectivity index (χ2v) is 18.7. The first-order valence-electron chi connectivity index (χ1n) is 24.1. The molecule has 0 fully saturated rings. The summed E-state index contributed by atoms with van der Waals surface area (Å²) in [6.07, 6.45) is 0. The van der Waals surface area contributed by atoms with Gasteiger partial charge >= 0.3 is 0 Å². The highest BCUT2D eigenvalue weighted by atomic mass is 15.1. The summed E-state index contributed by atoms with van der Waals surface area (Å²) < 4.78 is 0. The lowest BCUT2D eigenvalue weighted by Crippen LogP contribution is -2.43. The van der Waals surface area contributed by atoms with Gasteiger partial charge < -0.3 is 4.90 Å². The van der Waals surface area contributed by atoms with E-state index < -0.39 is 10.8 Å². The van der Waals surface area contributed by atoms with Gasteiger partial charge in [0.25, 0.3) is 0 Å². The average Bonchev–Trinajstić information content (AvgIpc) is 3.90. The van der Waals surface area contributed by atoms with Gasteiger partial charge in [-0.25, -0.2) is 0 Å². The zero-order chi connectivity index (χ0) is 45.5. The maximum absolute atomic E-state index is 2.55. The van der Waals surface area contributed by atoms with Crippen molar-refractivity contribution in [2.24, 2.45) is 0 Å². The monoisotopic (exact) mass is 875 g/mol. The van der Waals surface area contributed by atoms with Crippen LogP contribution in [0, 0.1) is 0 Å². The third-order valence-corrected chi connectivity index (χ3v) is 15.4. The van der Waals surface area contributed by atoms with E-state index in [0.29, 0.717) is 0 Å². The quantitative estimate of drug-likeness (QED) is 0.161. The summed E-state index contributed by atoms with van der Waals surface area (Å²) in [5.41, 5.74) is 25.4. The third-order valence-electron chi connectivity index (χ3n) is 15.4. The lowest BCUT2D eigenvalue weighted by Gasteiger charge is -2.49. The van der Waals surface area contributed by atoms with E-state index in [2.05, 4.69) is 278 Å². The Morgan fingerprint density at radius 3 is 1.00 bits per heavy atom. The molecule has 0 saturated heterocycles. The van der Waals surface area contributed by atoms with E-state index in [1.54, 1.807) is 0 Å². The molecule has 0 amide bonds. The molecule has 0 aromatic heterocycles. The Labute approximate surface area is 403 Å². The van der Waals surface area contributed by atoms with Gasteiger partial charge in [0.15, 0.2) is 0 Å². The van der Waals surface area contributed by atoms with Crippen LogP contribution in [-0.2, 0) is 10.8 Å². The molecule has 11 aromatic carbocycles. The van der Waals surface area contributed by atoms with Crippen molar-refractivity contribution in [2.45, 2.75) is 10.8 Å². The zero-order valence-corrected chi connectivity index (χ0v) is 37.9. The van der Waals surface area contributed by atoms with Crippen molar-refractivity contribution in [1.29, 1.82) is 0 Å². The largest absolute Gasteiger partial charge is 0.310 e. The zero-order valence-electron chi connectivity index (χ0n) is 37.9. The molecule has 0 radical (unpaired) electrons. The van der Waals surface area contributed by atoms with Crippen molar-refractivity contribution in [3.8, 4) is 55.6 Å². The molecule has 14 rings (SSSR count). The van der Waals surface area contributed by atoms with Crippen molar-refractivity contribution in [1.82, 2.24) is 0 Å². The summed E-state index contributed by atoms with van der Waals surface area (Å²) in [6, 6.07) is 102. The molecule has 322 valence electrons. The highest BCUT2D eigenvalue weighted by Gasteiger charge is 2.58. The maximum Gasteiger partial charge on any atom is 0.0720 e. The highest BCUT2D eigenvalue weighted by Crippen LogP contribution is 2.67. The minimum absolute atomic E-state index is 0.512. The Bertz CT molecular complexity index is 3680. The van der Waals surface area contributed by atoms with Gasteiger partial charge in [0.2, 0.25) is 0 Å². The van der Waals surface area contributed by atoms with E-state index in [-0.39, 0.29) is 0 Å². The fourth-order valence-corrected chi connectivity index (χ4v) is 12.6. The number of hydrogen-bond acceptors (Lipinski definition) is 1. The fourth-order valence-electron chi connectivity index (χ4n) is 12.6. The predicted molar refractivity (Wildman–Crippen MR) is 286 cm³/mol. The number of benzene rings is 11. The van der Waals surface area contributed by atoms with Gasteiger partial charge in [-0.2, -0.15) is 0 Å². The van der Waals surface area contributed by atoms with Crippen LogP contribution in [0.15, 0.2) is 273 Å². The van der Waals surface area contributed by atoms with Gasteiger partial charge in [0, 0.05) is 16.9 Å². The molecule has 3 aliphatic rings. The van der Waals surface area contributed by atoms with Gasteiger partial charge in [-0.1, -0.05) is 237 Å². The van der Waals surface area contributed by atoms with Crippen LogP contribution in [0.1, 0.15) is 44.5 Å². The van der Waals surface area contributed by atoms with E-state index in [0.717, 1.165) is 17.1 Å². The Balaban J connectivity index is 0.983. The molecule has 0 aliphatic heterocycles. The van der Waals surface area contributed by atoms with Gasteiger partial charge in [0.05, 0.1) is 16.5 Å². The minimum Gasteiger partial charge on any atom is -0.310 e. The second kappa shape index (κ2) is 15.4. The molecule has 0 heterocycles. The van der Waals surface area contributed by atoms with Gasteiger partial charge in [-0.3, -0.25) is 0 Å². The molecule has 2 spiro atoms. The molecule has 3 aliphatic carbocycles. The number of rotatable bonds is 6. The minimum atomic E-state index is -0.545. The van der Waals surface area contributed by atoms with Crippen molar-refractivity contribution in [3.63, 3.8) is 0 Å². The molecule has 1 nitrogen and oxygen atoms in total. The van der Waals surface area contributed by atoms with E-state index in [1.807, 2.05) is 0 Å². The first-order valence-corrected chi connectivity index (χ1v) is 24.1. The number of nitrogens with zero attached hydrogens (tertiary/aromatic N) is 1. The standard InChI is InChI=1S/C68H45N/c1-3-19-46(20-4-1)47-35-40-51(41-36-47)69(66-34-18-11-23-53(66)49-21-5-2-6-22-49)52-42-37-48(38-43-52)50-39-44-64-65(45-50)68(60-30-14-9-26-56(60)57-27-10-15-31-61(57)68)63-33-17-16-32-62(63)67(64)58-28-12-7-24-54(58)55-25-8-13-29-59(55)67/h1-45H. The van der Waals surface area contributed by atoms with Crippen LogP contribution in [-0.4, -0.2) is 0 Å². The number of anilines is 3. The van der Waals surface area contributed by atoms with E-state index >= 15 is 0 Å². The Kier molecular flexibility index (Phi) is 8.78. The van der Waals surface area contributed by atoms with Crippen LogP contribution < -0.4 is 4.90 Å². The first-order chi connectivity index (χ1) is 34.2. The van der Waals surface area contributed by atoms with Gasteiger partial charge in [-0.05, 0) is 131 Å². The summed E-state index contributed by atoms with van der Waals surface area (Å²) in [4.78, 5) is 2.41. The first kappa shape index (κ1) is 39.4. The molecule has 1 heteroatoms. The summed E-state index contributed by atoms with van der Waals surface area (Å²) >= 11 is 0. The van der Waals surface area contributed by atoms with E-state index in [4.69, 9.17) is 0 Å². The van der Waals surface area contributed by atoms with Crippen LogP contribution >= 0.6 is 0 Å². The molecule has 69 heavy (non-hydrogen) atoms. The SMILES string of the molecule is c1ccc(-c2ccc(N(c3ccc(-c4ccc5c(c4)C4(c6ccccc6-c6ccccc64)c4ccccc4C54c5ccccc5-c5ccccc54)cc3)c3ccccc3-c3ccccc3)cc2)cc1. The van der Waals surface area contributed by atoms with Crippen LogP contribution in [0.4, 0.5) is 17.1 Å². The number of fused-ring (bicyclic) bond motifs is 16. The van der Waals surface area contributed by atoms with Gasteiger partial charge in [-0.15, -0.1) is 0 Å². The van der Waals surface area contributed by atoms with Crippen LogP contribution in [0.3, 0.4) is 0 Å². The lowest BCUT2D eigenvalue weighted by molar-refractivity contribution is 0.633.